The summed E-state index contributed by atoms with van der Waals surface area (Å²) >= 11 is 1.63. The summed E-state index contributed by atoms with van der Waals surface area (Å²) in [6.07, 6.45) is 4.63. The number of morpholine rings is 1. The maximum absolute atomic E-state index is 11.9. The number of ether oxygens (including phenoxy) is 3. The molecule has 0 unspecified atom stereocenters. The molecule has 0 spiro atoms. The fraction of sp³-hybridized carbons (Fsp3) is 0.385. The summed E-state index contributed by atoms with van der Waals surface area (Å²) in [7, 11) is 1.90. The van der Waals surface area contributed by atoms with E-state index in [4.69, 9.17) is 29.3 Å². The Balaban J connectivity index is 1.42. The van der Waals surface area contributed by atoms with Gasteiger partial charge in [0.2, 0.25) is 11.8 Å². The smallest absolute Gasteiger partial charge is 0.341 e. The van der Waals surface area contributed by atoms with Gasteiger partial charge in [0.05, 0.1) is 48.8 Å². The summed E-state index contributed by atoms with van der Waals surface area (Å²) < 4.78 is 17.0. The van der Waals surface area contributed by atoms with Crippen molar-refractivity contribution >= 4 is 39.3 Å². The SMILES string of the molecule is CCOC(=O)c1cnc(N(C)Cc2cc3nc(-c4ccc(OCCO)nc4)nc(N4CCOCC4)c3s2)nc1. The molecule has 5 heterocycles. The number of carbonyl (C=O) groups is 1. The molecule has 0 saturated carbocycles. The third-order valence-electron chi connectivity index (χ3n) is 5.93. The maximum atomic E-state index is 11.9. The van der Waals surface area contributed by atoms with Gasteiger partial charge in [-0.05, 0) is 19.1 Å². The van der Waals surface area contributed by atoms with Gasteiger partial charge in [0.1, 0.15) is 6.61 Å². The number of esters is 1. The van der Waals surface area contributed by atoms with E-state index in [0.29, 0.717) is 49.6 Å². The third-order valence-corrected chi connectivity index (χ3v) is 7.04. The average molecular weight is 552 g/mol. The van der Waals surface area contributed by atoms with Crippen molar-refractivity contribution in [1.82, 2.24) is 24.9 Å². The molecule has 1 saturated heterocycles. The average Bonchev–Trinajstić information content (AvgIpc) is 3.38. The number of carbonyl (C=O) groups excluding carboxylic acids is 1. The fourth-order valence-electron chi connectivity index (χ4n) is 4.05. The molecule has 0 radical (unpaired) electrons. The maximum Gasteiger partial charge on any atom is 0.341 e. The first kappa shape index (κ1) is 26.7. The number of anilines is 2. The van der Waals surface area contributed by atoms with E-state index >= 15 is 0 Å². The van der Waals surface area contributed by atoms with Gasteiger partial charge in [0.15, 0.2) is 11.6 Å². The van der Waals surface area contributed by atoms with Crippen LogP contribution in [0.5, 0.6) is 5.88 Å². The second kappa shape index (κ2) is 12.3. The first-order chi connectivity index (χ1) is 19.1. The molecule has 13 heteroatoms. The van der Waals surface area contributed by atoms with E-state index in [1.165, 1.54) is 12.4 Å². The second-order valence-electron chi connectivity index (χ2n) is 8.70. The van der Waals surface area contributed by atoms with E-state index in [0.717, 1.165) is 39.6 Å². The molecule has 12 nitrogen and oxygen atoms in total. The van der Waals surface area contributed by atoms with Crippen LogP contribution >= 0.6 is 11.3 Å². The highest BCUT2D eigenvalue weighted by atomic mass is 32.1. The van der Waals surface area contributed by atoms with Crippen LogP contribution in [0.25, 0.3) is 21.6 Å². The Hall–Kier alpha value is -3.94. The number of aromatic nitrogens is 5. The quantitative estimate of drug-likeness (QED) is 0.290. The first-order valence-electron chi connectivity index (χ1n) is 12.6. The van der Waals surface area contributed by atoms with Gasteiger partial charge >= 0.3 is 5.97 Å². The van der Waals surface area contributed by atoms with Crippen LogP contribution in [0.2, 0.25) is 0 Å². The van der Waals surface area contributed by atoms with Crippen molar-refractivity contribution < 1.29 is 24.1 Å². The summed E-state index contributed by atoms with van der Waals surface area (Å²) in [6.45, 7) is 5.47. The molecule has 4 aromatic heterocycles. The Morgan fingerprint density at radius 3 is 2.64 bits per heavy atom. The van der Waals surface area contributed by atoms with Crippen LogP contribution in [0, 0.1) is 0 Å². The van der Waals surface area contributed by atoms with E-state index in [-0.39, 0.29) is 13.2 Å². The van der Waals surface area contributed by atoms with Gasteiger partial charge in [-0.25, -0.2) is 29.7 Å². The third kappa shape index (κ3) is 6.21. The number of aliphatic hydroxyl groups excluding tert-OH is 1. The first-order valence-corrected chi connectivity index (χ1v) is 13.4. The number of pyridine rings is 1. The van der Waals surface area contributed by atoms with Crippen LogP contribution in [0.4, 0.5) is 11.8 Å². The minimum atomic E-state index is -0.441. The molecule has 4 aromatic rings. The molecule has 1 N–H and O–H groups in total. The van der Waals surface area contributed by atoms with Crippen molar-refractivity contribution in [3.8, 4) is 17.3 Å². The largest absolute Gasteiger partial charge is 0.475 e. The lowest BCUT2D eigenvalue weighted by molar-refractivity contribution is 0.0525. The standard InChI is InChI=1S/C26H29N7O5S/c1-3-37-25(35)18-14-28-26(29-15-18)32(2)16-19-12-20-22(39-19)24(33-6-9-36-10-7-33)31-23(30-20)17-4-5-21(27-13-17)38-11-8-34/h4-5,12-15,34H,3,6-11,16H2,1-2H3. The lowest BCUT2D eigenvalue weighted by Crippen LogP contribution is -2.36. The molecule has 5 rings (SSSR count). The Kier molecular flexibility index (Phi) is 8.39. The van der Waals surface area contributed by atoms with E-state index in [9.17, 15) is 4.79 Å². The molecule has 39 heavy (non-hydrogen) atoms. The van der Waals surface area contributed by atoms with Crippen LogP contribution < -0.4 is 14.5 Å². The molecule has 0 amide bonds. The van der Waals surface area contributed by atoms with Crippen LogP contribution in [0.1, 0.15) is 22.2 Å². The lowest BCUT2D eigenvalue weighted by Gasteiger charge is -2.28. The van der Waals surface area contributed by atoms with Gasteiger partial charge in [-0.1, -0.05) is 0 Å². The van der Waals surface area contributed by atoms with Crippen molar-refractivity contribution in [3.05, 3.63) is 47.2 Å². The molecule has 0 bridgehead atoms. The molecule has 0 aliphatic carbocycles. The fourth-order valence-corrected chi connectivity index (χ4v) is 5.22. The van der Waals surface area contributed by atoms with Crippen LogP contribution in [0.3, 0.4) is 0 Å². The minimum Gasteiger partial charge on any atom is -0.475 e. The van der Waals surface area contributed by atoms with E-state index in [1.54, 1.807) is 30.5 Å². The Morgan fingerprint density at radius 2 is 1.95 bits per heavy atom. The van der Waals surface area contributed by atoms with Gasteiger partial charge in [-0.2, -0.15) is 0 Å². The number of nitrogens with zero attached hydrogens (tertiary/aromatic N) is 7. The Morgan fingerprint density at radius 1 is 1.15 bits per heavy atom. The van der Waals surface area contributed by atoms with Gasteiger partial charge in [0, 0.05) is 55.2 Å². The highest BCUT2D eigenvalue weighted by Crippen LogP contribution is 2.35. The zero-order chi connectivity index (χ0) is 27.2. The summed E-state index contributed by atoms with van der Waals surface area (Å²) in [5.41, 5.74) is 1.92. The number of aliphatic hydroxyl groups is 1. The van der Waals surface area contributed by atoms with Crippen molar-refractivity contribution in [3.63, 3.8) is 0 Å². The van der Waals surface area contributed by atoms with Crippen molar-refractivity contribution in [2.75, 3.05) is 63.0 Å². The molecular weight excluding hydrogens is 522 g/mol. The number of hydrogen-bond acceptors (Lipinski definition) is 13. The molecule has 0 atom stereocenters. The number of fused-ring (bicyclic) bond motifs is 1. The van der Waals surface area contributed by atoms with Gasteiger partial charge < -0.3 is 29.1 Å². The van der Waals surface area contributed by atoms with Crippen LogP contribution in [-0.4, -0.2) is 89.2 Å². The lowest BCUT2D eigenvalue weighted by atomic mass is 10.2. The molecule has 1 aliphatic rings. The van der Waals surface area contributed by atoms with Gasteiger partial charge in [0.25, 0.3) is 0 Å². The second-order valence-corrected chi connectivity index (χ2v) is 9.84. The van der Waals surface area contributed by atoms with Crippen LogP contribution in [-0.2, 0) is 16.0 Å². The van der Waals surface area contributed by atoms with E-state index in [1.807, 2.05) is 18.0 Å². The Labute approximate surface area is 229 Å². The van der Waals surface area contributed by atoms with Gasteiger partial charge in [-0.15, -0.1) is 11.3 Å². The zero-order valence-corrected chi connectivity index (χ0v) is 22.6. The Bertz CT molecular complexity index is 1410. The molecular formula is C26H29N7O5S. The summed E-state index contributed by atoms with van der Waals surface area (Å²) in [4.78, 5) is 39.9. The summed E-state index contributed by atoms with van der Waals surface area (Å²) in [6, 6.07) is 5.67. The zero-order valence-electron chi connectivity index (χ0n) is 21.7. The monoisotopic (exact) mass is 551 g/mol. The molecule has 1 aliphatic heterocycles. The summed E-state index contributed by atoms with van der Waals surface area (Å²) in [5.74, 6) is 1.92. The predicted molar refractivity (Wildman–Crippen MR) is 146 cm³/mol. The van der Waals surface area contributed by atoms with Crippen LogP contribution in [0.15, 0.2) is 36.8 Å². The topological polar surface area (TPSA) is 136 Å². The van der Waals surface area contributed by atoms with Crippen molar-refractivity contribution in [2.45, 2.75) is 13.5 Å². The number of rotatable bonds is 10. The molecule has 1 fully saturated rings. The van der Waals surface area contributed by atoms with E-state index in [2.05, 4.69) is 25.9 Å². The van der Waals surface area contributed by atoms with Gasteiger partial charge in [-0.3, -0.25) is 0 Å². The number of thiophene rings is 1. The number of hydrogen-bond donors (Lipinski definition) is 1. The highest BCUT2D eigenvalue weighted by molar-refractivity contribution is 7.19. The minimum absolute atomic E-state index is 0.0766. The van der Waals surface area contributed by atoms with Crippen molar-refractivity contribution in [1.29, 1.82) is 0 Å². The predicted octanol–water partition coefficient (Wildman–Crippen LogP) is 2.56. The van der Waals surface area contributed by atoms with Crippen molar-refractivity contribution in [2.24, 2.45) is 0 Å². The summed E-state index contributed by atoms with van der Waals surface area (Å²) in [5, 5.41) is 8.97. The normalized spacial score (nSPS) is 13.5. The highest BCUT2D eigenvalue weighted by Gasteiger charge is 2.21. The van der Waals surface area contributed by atoms with E-state index < -0.39 is 5.97 Å². The molecule has 204 valence electrons. The molecule has 0 aromatic carbocycles.